The third kappa shape index (κ3) is 6.24. The summed E-state index contributed by atoms with van der Waals surface area (Å²) >= 11 is 0. The van der Waals surface area contributed by atoms with E-state index in [1.54, 1.807) is 0 Å². The third-order valence-electron chi connectivity index (χ3n) is 4.59. The highest BCUT2D eigenvalue weighted by Gasteiger charge is 2.22. The second kappa shape index (κ2) is 9.37. The van der Waals surface area contributed by atoms with Crippen molar-refractivity contribution in [2.75, 3.05) is 26.2 Å². The normalized spacial score (nSPS) is 23.2. The van der Waals surface area contributed by atoms with Gasteiger partial charge in [-0.25, -0.2) is 0 Å². The monoisotopic (exact) mass is 279 g/mol. The lowest BCUT2D eigenvalue weighted by molar-refractivity contribution is 0.168. The van der Waals surface area contributed by atoms with Crippen molar-refractivity contribution < 1.29 is 0 Å². The Balaban J connectivity index is 2.18. The van der Waals surface area contributed by atoms with Gasteiger partial charge in [0, 0.05) is 6.54 Å². The summed E-state index contributed by atoms with van der Waals surface area (Å²) in [5, 5.41) is 12.7. The quantitative estimate of drug-likeness (QED) is 0.656. The first-order chi connectivity index (χ1) is 9.63. The summed E-state index contributed by atoms with van der Waals surface area (Å²) in [6.45, 7) is 11.2. The molecule has 0 amide bonds. The maximum absolute atomic E-state index is 9.30. The van der Waals surface area contributed by atoms with Crippen LogP contribution in [0.15, 0.2) is 0 Å². The lowest BCUT2D eigenvalue weighted by atomic mass is 9.94. The maximum atomic E-state index is 9.30. The Morgan fingerprint density at radius 3 is 2.80 bits per heavy atom. The van der Waals surface area contributed by atoms with Gasteiger partial charge in [-0.2, -0.15) is 5.26 Å². The largest absolute Gasteiger partial charge is 0.303 e. The molecule has 0 saturated carbocycles. The molecule has 116 valence electrons. The SMILES string of the molecule is CCCNC(C)(C#N)CCCCN1CCCC(CC)C1. The van der Waals surface area contributed by atoms with Gasteiger partial charge in [-0.1, -0.05) is 20.3 Å². The molecule has 0 aromatic heterocycles. The number of hydrogen-bond donors (Lipinski definition) is 1. The number of hydrogen-bond acceptors (Lipinski definition) is 3. The molecule has 0 aliphatic carbocycles. The number of nitrogens with zero attached hydrogens (tertiary/aromatic N) is 2. The highest BCUT2D eigenvalue weighted by atomic mass is 15.1. The van der Waals surface area contributed by atoms with E-state index < -0.39 is 0 Å². The Hall–Kier alpha value is -0.590. The summed E-state index contributed by atoms with van der Waals surface area (Å²) in [4.78, 5) is 2.63. The molecule has 1 aliphatic heterocycles. The van der Waals surface area contributed by atoms with Crippen molar-refractivity contribution >= 4 is 0 Å². The molecule has 0 radical (unpaired) electrons. The molecule has 1 fully saturated rings. The van der Waals surface area contributed by atoms with Crippen LogP contribution in [0.5, 0.6) is 0 Å². The van der Waals surface area contributed by atoms with Crippen molar-refractivity contribution in [1.29, 1.82) is 5.26 Å². The Morgan fingerprint density at radius 1 is 1.35 bits per heavy atom. The molecular formula is C17H33N3. The van der Waals surface area contributed by atoms with E-state index in [0.717, 1.165) is 31.7 Å². The summed E-state index contributed by atoms with van der Waals surface area (Å²) in [7, 11) is 0. The van der Waals surface area contributed by atoms with Gasteiger partial charge in [-0.05, 0) is 71.0 Å². The van der Waals surface area contributed by atoms with Crippen molar-refractivity contribution in [2.45, 2.75) is 71.3 Å². The smallest absolute Gasteiger partial charge is 0.103 e. The van der Waals surface area contributed by atoms with Crippen molar-refractivity contribution in [2.24, 2.45) is 5.92 Å². The molecule has 1 N–H and O–H groups in total. The molecule has 2 atom stereocenters. The molecule has 3 nitrogen and oxygen atoms in total. The van der Waals surface area contributed by atoms with Crippen LogP contribution in [0.1, 0.15) is 65.7 Å². The lowest BCUT2D eigenvalue weighted by Gasteiger charge is -2.32. The third-order valence-corrected chi connectivity index (χ3v) is 4.59. The van der Waals surface area contributed by atoms with Gasteiger partial charge in [0.1, 0.15) is 5.54 Å². The van der Waals surface area contributed by atoms with Gasteiger partial charge in [0.25, 0.3) is 0 Å². The summed E-state index contributed by atoms with van der Waals surface area (Å²) < 4.78 is 0. The molecule has 20 heavy (non-hydrogen) atoms. The summed E-state index contributed by atoms with van der Waals surface area (Å²) in [6, 6.07) is 2.44. The van der Waals surface area contributed by atoms with Crippen LogP contribution in [0.2, 0.25) is 0 Å². The van der Waals surface area contributed by atoms with Crippen LogP contribution in [0.25, 0.3) is 0 Å². The fourth-order valence-corrected chi connectivity index (χ4v) is 3.09. The topological polar surface area (TPSA) is 39.1 Å². The molecule has 2 unspecified atom stereocenters. The number of nitrogens with one attached hydrogen (secondary N) is 1. The van der Waals surface area contributed by atoms with E-state index in [1.165, 1.54) is 45.3 Å². The van der Waals surface area contributed by atoms with E-state index in [0.29, 0.717) is 0 Å². The number of piperidine rings is 1. The molecule has 0 aromatic carbocycles. The second-order valence-corrected chi connectivity index (χ2v) is 6.54. The molecule has 0 spiro atoms. The summed E-state index contributed by atoms with van der Waals surface area (Å²) in [5.74, 6) is 0.916. The number of likely N-dealkylation sites (tertiary alicyclic amines) is 1. The van der Waals surface area contributed by atoms with Gasteiger partial charge in [0.2, 0.25) is 0 Å². The first-order valence-corrected chi connectivity index (χ1v) is 8.52. The predicted molar refractivity (Wildman–Crippen MR) is 85.6 cm³/mol. The van der Waals surface area contributed by atoms with Gasteiger partial charge in [-0.3, -0.25) is 5.32 Å². The van der Waals surface area contributed by atoms with Crippen LogP contribution >= 0.6 is 0 Å². The maximum Gasteiger partial charge on any atom is 0.103 e. The number of unbranched alkanes of at least 4 members (excludes halogenated alkanes) is 1. The van der Waals surface area contributed by atoms with E-state index in [9.17, 15) is 5.26 Å². The lowest BCUT2D eigenvalue weighted by Crippen LogP contribution is -2.41. The minimum absolute atomic E-state index is 0.330. The van der Waals surface area contributed by atoms with Gasteiger partial charge in [0.05, 0.1) is 6.07 Å². The predicted octanol–water partition coefficient (Wildman–Crippen LogP) is 3.56. The number of rotatable bonds is 9. The fourth-order valence-electron chi connectivity index (χ4n) is 3.09. The summed E-state index contributed by atoms with van der Waals surface area (Å²) in [6.07, 6.45) is 8.53. The van der Waals surface area contributed by atoms with Crippen molar-refractivity contribution in [3.63, 3.8) is 0 Å². The zero-order chi connectivity index (χ0) is 14.8. The van der Waals surface area contributed by atoms with Crippen molar-refractivity contribution in [3.8, 4) is 6.07 Å². The van der Waals surface area contributed by atoms with Gasteiger partial charge < -0.3 is 4.90 Å². The summed E-state index contributed by atoms with van der Waals surface area (Å²) in [5.41, 5.74) is -0.330. The average molecular weight is 279 g/mol. The number of nitriles is 1. The Kier molecular flexibility index (Phi) is 8.18. The van der Waals surface area contributed by atoms with Crippen LogP contribution in [-0.4, -0.2) is 36.6 Å². The van der Waals surface area contributed by atoms with Crippen LogP contribution in [0.4, 0.5) is 0 Å². The van der Waals surface area contributed by atoms with E-state index in [-0.39, 0.29) is 5.54 Å². The average Bonchev–Trinajstić information content (AvgIpc) is 2.50. The first kappa shape index (κ1) is 17.5. The van der Waals surface area contributed by atoms with E-state index in [1.807, 2.05) is 6.92 Å². The van der Waals surface area contributed by atoms with Crippen LogP contribution < -0.4 is 5.32 Å². The van der Waals surface area contributed by atoms with Crippen LogP contribution in [0.3, 0.4) is 0 Å². The second-order valence-electron chi connectivity index (χ2n) is 6.54. The minimum Gasteiger partial charge on any atom is -0.303 e. The van der Waals surface area contributed by atoms with E-state index in [2.05, 4.69) is 30.1 Å². The van der Waals surface area contributed by atoms with Crippen molar-refractivity contribution in [1.82, 2.24) is 10.2 Å². The van der Waals surface area contributed by atoms with Gasteiger partial charge in [-0.15, -0.1) is 0 Å². The van der Waals surface area contributed by atoms with E-state index in [4.69, 9.17) is 0 Å². The Bertz CT molecular complexity index is 297. The zero-order valence-electron chi connectivity index (χ0n) is 13.7. The van der Waals surface area contributed by atoms with Crippen LogP contribution in [0, 0.1) is 17.2 Å². The zero-order valence-corrected chi connectivity index (χ0v) is 13.7. The fraction of sp³-hybridized carbons (Fsp3) is 0.941. The highest BCUT2D eigenvalue weighted by Crippen LogP contribution is 2.20. The van der Waals surface area contributed by atoms with E-state index >= 15 is 0 Å². The molecular weight excluding hydrogens is 246 g/mol. The minimum atomic E-state index is -0.330. The Labute approximate surface area is 125 Å². The van der Waals surface area contributed by atoms with Gasteiger partial charge >= 0.3 is 0 Å². The van der Waals surface area contributed by atoms with Crippen LogP contribution in [-0.2, 0) is 0 Å². The molecule has 1 saturated heterocycles. The van der Waals surface area contributed by atoms with Gasteiger partial charge in [0.15, 0.2) is 0 Å². The molecule has 1 aliphatic rings. The molecule has 0 aromatic rings. The molecule has 1 heterocycles. The molecule has 3 heteroatoms. The first-order valence-electron chi connectivity index (χ1n) is 8.52. The standard InChI is InChI=1S/C17H33N3/c1-4-11-19-17(3,15-18)10-6-7-12-20-13-8-9-16(5-2)14-20/h16,19H,4-14H2,1-3H3. The molecule has 1 rings (SSSR count). The van der Waals surface area contributed by atoms with Crippen molar-refractivity contribution in [3.05, 3.63) is 0 Å². The highest BCUT2D eigenvalue weighted by molar-refractivity contribution is 5.03. The molecule has 0 bridgehead atoms. The Morgan fingerprint density at radius 2 is 2.15 bits per heavy atom.